The van der Waals surface area contributed by atoms with Gasteiger partial charge in [0.1, 0.15) is 5.03 Å². The summed E-state index contributed by atoms with van der Waals surface area (Å²) in [5.74, 6) is 0.482. The molecule has 0 aliphatic rings. The standard InChI is InChI=1S/C19H12BrN5OS/c1-11-10-16-21-18(14-4-2-3-5-15(14)25(16)24-11)27-19-23-22-17(26-19)12-6-8-13(20)9-7-12/h2-10H,1H3. The van der Waals surface area contributed by atoms with Crippen LogP contribution in [0, 0.1) is 6.92 Å². The molecule has 6 nitrogen and oxygen atoms in total. The van der Waals surface area contributed by atoms with Gasteiger partial charge in [0.25, 0.3) is 5.22 Å². The molecule has 0 N–H and O–H groups in total. The lowest BCUT2D eigenvalue weighted by Gasteiger charge is -2.05. The Hall–Kier alpha value is -2.71. The Morgan fingerprint density at radius 2 is 1.85 bits per heavy atom. The predicted molar refractivity (Wildman–Crippen MR) is 107 cm³/mol. The lowest BCUT2D eigenvalue weighted by molar-refractivity contribution is 0.465. The van der Waals surface area contributed by atoms with Crippen molar-refractivity contribution in [3.05, 3.63) is 64.8 Å². The Balaban J connectivity index is 1.57. The van der Waals surface area contributed by atoms with E-state index < -0.39 is 0 Å². The molecule has 0 bridgehead atoms. The van der Waals surface area contributed by atoms with Gasteiger partial charge in [0.15, 0.2) is 5.65 Å². The van der Waals surface area contributed by atoms with Gasteiger partial charge in [-0.25, -0.2) is 9.50 Å². The SMILES string of the molecule is Cc1cc2nc(Sc3nnc(-c4ccc(Br)cc4)o3)c3ccccc3n2n1. The molecular weight excluding hydrogens is 426 g/mol. The Bertz CT molecular complexity index is 1280. The van der Waals surface area contributed by atoms with Gasteiger partial charge in [-0.05, 0) is 49.0 Å². The third kappa shape index (κ3) is 3.00. The Labute approximate surface area is 166 Å². The molecule has 132 valence electrons. The van der Waals surface area contributed by atoms with Crippen LogP contribution in [-0.2, 0) is 0 Å². The van der Waals surface area contributed by atoms with E-state index in [9.17, 15) is 0 Å². The van der Waals surface area contributed by atoms with Gasteiger partial charge in [-0.3, -0.25) is 0 Å². The smallest absolute Gasteiger partial charge is 0.283 e. The van der Waals surface area contributed by atoms with Crippen molar-refractivity contribution in [3.63, 3.8) is 0 Å². The first-order valence-electron chi connectivity index (χ1n) is 8.20. The maximum absolute atomic E-state index is 5.84. The summed E-state index contributed by atoms with van der Waals surface area (Å²) < 4.78 is 8.70. The summed E-state index contributed by atoms with van der Waals surface area (Å²) in [4.78, 5) is 4.74. The van der Waals surface area contributed by atoms with Gasteiger partial charge in [0.2, 0.25) is 5.89 Å². The van der Waals surface area contributed by atoms with E-state index in [1.165, 1.54) is 11.8 Å². The molecule has 0 radical (unpaired) electrons. The van der Waals surface area contributed by atoms with Crippen LogP contribution in [-0.4, -0.2) is 24.8 Å². The van der Waals surface area contributed by atoms with E-state index in [1.54, 1.807) is 0 Å². The van der Waals surface area contributed by atoms with Crippen molar-refractivity contribution < 1.29 is 4.42 Å². The quantitative estimate of drug-likeness (QED) is 0.363. The molecule has 0 spiro atoms. The molecule has 0 fully saturated rings. The van der Waals surface area contributed by atoms with Crippen molar-refractivity contribution in [2.45, 2.75) is 17.2 Å². The number of hydrogen-bond donors (Lipinski definition) is 0. The normalized spacial score (nSPS) is 11.5. The second kappa shape index (κ2) is 6.47. The van der Waals surface area contributed by atoms with E-state index in [-0.39, 0.29) is 0 Å². The maximum atomic E-state index is 5.84. The van der Waals surface area contributed by atoms with Gasteiger partial charge in [0.05, 0.1) is 11.2 Å². The summed E-state index contributed by atoms with van der Waals surface area (Å²) in [6.45, 7) is 1.96. The Morgan fingerprint density at radius 3 is 2.70 bits per heavy atom. The monoisotopic (exact) mass is 437 g/mol. The van der Waals surface area contributed by atoms with E-state index in [2.05, 4.69) is 31.2 Å². The highest BCUT2D eigenvalue weighted by Gasteiger charge is 2.15. The second-order valence-corrected chi connectivity index (χ2v) is 7.83. The molecule has 8 heteroatoms. The predicted octanol–water partition coefficient (Wildman–Crippen LogP) is 5.15. The minimum Gasteiger partial charge on any atom is -0.411 e. The van der Waals surface area contributed by atoms with Crippen LogP contribution < -0.4 is 0 Å². The van der Waals surface area contributed by atoms with Crippen LogP contribution in [0.2, 0.25) is 0 Å². The molecule has 0 saturated heterocycles. The van der Waals surface area contributed by atoms with Gasteiger partial charge in [0, 0.05) is 21.5 Å². The molecule has 3 heterocycles. The summed E-state index contributed by atoms with van der Waals surface area (Å²) in [6.07, 6.45) is 0. The molecule has 0 aliphatic heterocycles. The summed E-state index contributed by atoms with van der Waals surface area (Å²) in [7, 11) is 0. The van der Waals surface area contributed by atoms with Crippen LogP contribution in [0.4, 0.5) is 0 Å². The molecule has 5 aromatic rings. The minimum absolute atomic E-state index is 0.450. The van der Waals surface area contributed by atoms with E-state index in [4.69, 9.17) is 9.40 Å². The highest BCUT2D eigenvalue weighted by Crippen LogP contribution is 2.33. The van der Waals surface area contributed by atoms with Crippen LogP contribution in [0.15, 0.2) is 73.7 Å². The Morgan fingerprint density at radius 1 is 1.04 bits per heavy atom. The lowest BCUT2D eigenvalue weighted by Crippen LogP contribution is -1.95. The van der Waals surface area contributed by atoms with Crippen LogP contribution in [0.5, 0.6) is 0 Å². The first-order chi connectivity index (χ1) is 13.2. The highest BCUT2D eigenvalue weighted by atomic mass is 79.9. The number of aromatic nitrogens is 5. The molecule has 0 aliphatic carbocycles. The van der Waals surface area contributed by atoms with E-state index in [1.807, 2.05) is 66.0 Å². The van der Waals surface area contributed by atoms with Crippen LogP contribution in [0.3, 0.4) is 0 Å². The fraction of sp³-hybridized carbons (Fsp3) is 0.0526. The van der Waals surface area contributed by atoms with Gasteiger partial charge < -0.3 is 4.42 Å². The molecule has 3 aromatic heterocycles. The highest BCUT2D eigenvalue weighted by molar-refractivity contribution is 9.10. The van der Waals surface area contributed by atoms with Crippen LogP contribution >= 0.6 is 27.7 Å². The number of hydrogen-bond acceptors (Lipinski definition) is 6. The zero-order valence-electron chi connectivity index (χ0n) is 14.1. The van der Waals surface area contributed by atoms with Gasteiger partial charge in [-0.15, -0.1) is 10.2 Å². The van der Waals surface area contributed by atoms with Crippen LogP contribution in [0.1, 0.15) is 5.69 Å². The Kier molecular flexibility index (Phi) is 3.95. The lowest BCUT2D eigenvalue weighted by atomic mass is 10.2. The average molecular weight is 438 g/mol. The number of halogens is 1. The molecule has 2 aromatic carbocycles. The zero-order valence-corrected chi connectivity index (χ0v) is 16.5. The van der Waals surface area contributed by atoms with E-state index in [0.717, 1.165) is 37.3 Å². The topological polar surface area (TPSA) is 69.1 Å². The third-order valence-corrected chi connectivity index (χ3v) is 5.45. The zero-order chi connectivity index (χ0) is 18.4. The van der Waals surface area contributed by atoms with E-state index >= 15 is 0 Å². The van der Waals surface area contributed by atoms with Gasteiger partial charge in [-0.1, -0.05) is 34.1 Å². The van der Waals surface area contributed by atoms with Crippen molar-refractivity contribution >= 4 is 44.2 Å². The summed E-state index contributed by atoms with van der Waals surface area (Å²) >= 11 is 4.78. The van der Waals surface area contributed by atoms with Crippen LogP contribution in [0.25, 0.3) is 28.0 Å². The number of nitrogens with zero attached hydrogens (tertiary/aromatic N) is 5. The molecule has 0 atom stereocenters. The first kappa shape index (κ1) is 16.5. The molecule has 27 heavy (non-hydrogen) atoms. The first-order valence-corrected chi connectivity index (χ1v) is 9.81. The number of para-hydroxylation sites is 1. The fourth-order valence-electron chi connectivity index (χ4n) is 2.87. The van der Waals surface area contributed by atoms with Crippen molar-refractivity contribution in [2.75, 3.05) is 0 Å². The van der Waals surface area contributed by atoms with Crippen molar-refractivity contribution in [3.8, 4) is 11.5 Å². The maximum Gasteiger partial charge on any atom is 0.283 e. The fourth-order valence-corrected chi connectivity index (χ4v) is 3.92. The number of fused-ring (bicyclic) bond motifs is 3. The third-order valence-electron chi connectivity index (χ3n) is 4.07. The molecule has 0 amide bonds. The largest absolute Gasteiger partial charge is 0.411 e. The van der Waals surface area contributed by atoms with Crippen molar-refractivity contribution in [2.24, 2.45) is 0 Å². The summed E-state index contributed by atoms with van der Waals surface area (Å²) in [5, 5.41) is 15.1. The number of aryl methyl sites for hydroxylation is 1. The molecule has 0 saturated carbocycles. The molecular formula is C19H12BrN5OS. The molecule has 0 unspecified atom stereocenters. The summed E-state index contributed by atoms with van der Waals surface area (Å²) in [6, 6.07) is 17.7. The minimum atomic E-state index is 0.450. The van der Waals surface area contributed by atoms with Gasteiger partial charge in [-0.2, -0.15) is 5.10 Å². The van der Waals surface area contributed by atoms with Crippen molar-refractivity contribution in [1.29, 1.82) is 0 Å². The molecule has 5 rings (SSSR count). The second-order valence-electron chi connectivity index (χ2n) is 5.97. The number of benzene rings is 2. The van der Waals surface area contributed by atoms with Gasteiger partial charge >= 0.3 is 0 Å². The number of rotatable bonds is 3. The summed E-state index contributed by atoms with van der Waals surface area (Å²) in [5.41, 5.74) is 3.58. The van der Waals surface area contributed by atoms with E-state index in [0.29, 0.717) is 11.1 Å². The van der Waals surface area contributed by atoms with Crippen molar-refractivity contribution in [1.82, 2.24) is 24.8 Å². The average Bonchev–Trinajstić information content (AvgIpc) is 3.29.